The lowest BCUT2D eigenvalue weighted by atomic mass is 10.1. The zero-order valence-electron chi connectivity index (χ0n) is 10.9. The van der Waals surface area contributed by atoms with Crippen LogP contribution in [-0.4, -0.2) is 12.7 Å². The molecule has 110 valence electrons. The predicted octanol–water partition coefficient (Wildman–Crippen LogP) is 2.25. The van der Waals surface area contributed by atoms with Gasteiger partial charge in [0.25, 0.3) is 0 Å². The third-order valence-electron chi connectivity index (χ3n) is 3.43. The van der Waals surface area contributed by atoms with Crippen molar-refractivity contribution in [3.05, 3.63) is 59.2 Å². The maximum absolute atomic E-state index is 13.7. The van der Waals surface area contributed by atoms with Crippen LogP contribution in [0.5, 0.6) is 0 Å². The third kappa shape index (κ3) is 2.38. The maximum atomic E-state index is 13.7. The van der Waals surface area contributed by atoms with Crippen molar-refractivity contribution in [2.45, 2.75) is 18.0 Å². The molecule has 2 aromatic rings. The summed E-state index contributed by atoms with van der Waals surface area (Å²) in [6.45, 7) is 0.215. The topological polar surface area (TPSA) is 63.4 Å². The zero-order valence-corrected chi connectivity index (χ0v) is 11.7. The van der Waals surface area contributed by atoms with Crippen molar-refractivity contribution >= 4 is 15.7 Å². The summed E-state index contributed by atoms with van der Waals surface area (Å²) in [5.74, 6) is -1.76. The second-order valence-corrected chi connectivity index (χ2v) is 6.78. The lowest BCUT2D eigenvalue weighted by molar-refractivity contribution is 0.426. The van der Waals surface area contributed by atoms with Crippen LogP contribution in [0, 0.1) is 11.6 Å². The molecule has 0 bridgehead atoms. The highest BCUT2D eigenvalue weighted by Crippen LogP contribution is 2.30. The van der Waals surface area contributed by atoms with E-state index in [-0.39, 0.29) is 13.1 Å². The molecular formula is C14H12F2N2O2S. The predicted molar refractivity (Wildman–Crippen MR) is 73.6 cm³/mol. The highest BCUT2D eigenvalue weighted by molar-refractivity contribution is 7.89. The lowest BCUT2D eigenvalue weighted by Gasteiger charge is -2.16. The van der Waals surface area contributed by atoms with Gasteiger partial charge in [-0.3, -0.25) is 0 Å². The number of benzene rings is 2. The van der Waals surface area contributed by atoms with Crippen LogP contribution in [0.15, 0.2) is 41.3 Å². The van der Waals surface area contributed by atoms with Gasteiger partial charge in [0.05, 0.1) is 0 Å². The molecule has 0 spiro atoms. The molecule has 2 N–H and O–H groups in total. The number of hydrogen-bond donors (Lipinski definition) is 1. The standard InChI is InChI=1S/C14H12F2N2O2S/c15-11-2-4-13(16)14(6-11)21(19,20)18-7-9-1-3-12(17)5-10(9)8-18/h1-6H,7-8,17H2. The molecule has 0 aromatic heterocycles. The minimum absolute atomic E-state index is 0.0959. The second-order valence-electron chi connectivity index (χ2n) is 4.88. The van der Waals surface area contributed by atoms with E-state index in [1.807, 2.05) is 0 Å². The van der Waals surface area contributed by atoms with Crippen LogP contribution in [-0.2, 0) is 23.1 Å². The fourth-order valence-corrected chi connectivity index (χ4v) is 3.84. The Morgan fingerprint density at radius 3 is 2.48 bits per heavy atom. The first-order chi connectivity index (χ1) is 9.88. The first-order valence-electron chi connectivity index (χ1n) is 6.20. The number of hydrogen-bond acceptors (Lipinski definition) is 3. The van der Waals surface area contributed by atoms with Crippen molar-refractivity contribution in [3.63, 3.8) is 0 Å². The molecule has 0 fully saturated rings. The zero-order chi connectivity index (χ0) is 15.2. The van der Waals surface area contributed by atoms with Crippen LogP contribution in [0.3, 0.4) is 0 Å². The number of nitrogens with zero attached hydrogens (tertiary/aromatic N) is 1. The minimum Gasteiger partial charge on any atom is -0.399 e. The highest BCUT2D eigenvalue weighted by atomic mass is 32.2. The van der Waals surface area contributed by atoms with Gasteiger partial charge in [-0.25, -0.2) is 17.2 Å². The molecule has 1 aliphatic rings. The van der Waals surface area contributed by atoms with E-state index < -0.39 is 26.6 Å². The molecule has 4 nitrogen and oxygen atoms in total. The molecule has 1 aliphatic heterocycles. The summed E-state index contributed by atoms with van der Waals surface area (Å²) in [5, 5.41) is 0. The SMILES string of the molecule is Nc1ccc2c(c1)CN(S(=O)(=O)c1cc(F)ccc1F)C2. The molecule has 21 heavy (non-hydrogen) atoms. The van der Waals surface area contributed by atoms with Crippen molar-refractivity contribution in [3.8, 4) is 0 Å². The van der Waals surface area contributed by atoms with Gasteiger partial charge >= 0.3 is 0 Å². The van der Waals surface area contributed by atoms with E-state index in [0.29, 0.717) is 11.8 Å². The number of nitrogens with two attached hydrogens (primary N) is 1. The van der Waals surface area contributed by atoms with Gasteiger partial charge in [0.15, 0.2) is 0 Å². The molecule has 2 aromatic carbocycles. The van der Waals surface area contributed by atoms with Crippen LogP contribution in [0.2, 0.25) is 0 Å². The van der Waals surface area contributed by atoms with E-state index in [9.17, 15) is 17.2 Å². The number of rotatable bonds is 2. The average Bonchev–Trinajstić information content (AvgIpc) is 2.85. The fraction of sp³-hybridized carbons (Fsp3) is 0.143. The Morgan fingerprint density at radius 2 is 1.71 bits per heavy atom. The molecule has 0 saturated carbocycles. The van der Waals surface area contributed by atoms with Crippen LogP contribution in [0.25, 0.3) is 0 Å². The molecule has 7 heteroatoms. The van der Waals surface area contributed by atoms with Crippen molar-refractivity contribution in [1.29, 1.82) is 0 Å². The Kier molecular flexibility index (Phi) is 3.18. The molecule has 0 aliphatic carbocycles. The van der Waals surface area contributed by atoms with E-state index in [1.54, 1.807) is 18.2 Å². The van der Waals surface area contributed by atoms with Crippen molar-refractivity contribution < 1.29 is 17.2 Å². The number of nitrogen functional groups attached to an aromatic ring is 1. The van der Waals surface area contributed by atoms with Crippen LogP contribution >= 0.6 is 0 Å². The van der Waals surface area contributed by atoms with Gasteiger partial charge in [0.2, 0.25) is 10.0 Å². The van der Waals surface area contributed by atoms with E-state index in [2.05, 4.69) is 0 Å². The first-order valence-corrected chi connectivity index (χ1v) is 7.64. The van der Waals surface area contributed by atoms with E-state index in [1.165, 1.54) is 0 Å². The largest absolute Gasteiger partial charge is 0.399 e. The summed E-state index contributed by atoms with van der Waals surface area (Å²) < 4.78 is 52.9. The molecule has 0 saturated heterocycles. The Morgan fingerprint density at radius 1 is 1.00 bits per heavy atom. The Hall–Kier alpha value is -1.99. The van der Waals surface area contributed by atoms with Gasteiger partial charge in [0, 0.05) is 18.8 Å². The van der Waals surface area contributed by atoms with Gasteiger partial charge in [-0.05, 0) is 41.5 Å². The fourth-order valence-electron chi connectivity index (χ4n) is 2.37. The maximum Gasteiger partial charge on any atom is 0.246 e. The van der Waals surface area contributed by atoms with Gasteiger partial charge in [-0.1, -0.05) is 6.07 Å². The monoisotopic (exact) mass is 310 g/mol. The van der Waals surface area contributed by atoms with Crippen molar-refractivity contribution in [1.82, 2.24) is 4.31 Å². The lowest BCUT2D eigenvalue weighted by Crippen LogP contribution is -2.26. The highest BCUT2D eigenvalue weighted by Gasteiger charge is 2.32. The Labute approximate surface area is 120 Å². The van der Waals surface area contributed by atoms with Crippen molar-refractivity contribution in [2.24, 2.45) is 0 Å². The van der Waals surface area contributed by atoms with E-state index >= 15 is 0 Å². The third-order valence-corrected chi connectivity index (χ3v) is 5.24. The van der Waals surface area contributed by atoms with Gasteiger partial charge in [0.1, 0.15) is 16.5 Å². The summed E-state index contributed by atoms with van der Waals surface area (Å²) in [4.78, 5) is -0.650. The summed E-state index contributed by atoms with van der Waals surface area (Å²) in [6.07, 6.45) is 0. The summed E-state index contributed by atoms with van der Waals surface area (Å²) in [5.41, 5.74) is 7.78. The molecule has 0 unspecified atom stereocenters. The molecule has 3 rings (SSSR count). The number of anilines is 1. The summed E-state index contributed by atoms with van der Waals surface area (Å²) >= 11 is 0. The van der Waals surface area contributed by atoms with Crippen molar-refractivity contribution in [2.75, 3.05) is 5.73 Å². The second kappa shape index (κ2) is 4.78. The van der Waals surface area contributed by atoms with Crippen LogP contribution in [0.4, 0.5) is 14.5 Å². The average molecular weight is 310 g/mol. The quantitative estimate of drug-likeness (QED) is 0.865. The van der Waals surface area contributed by atoms with Crippen LogP contribution < -0.4 is 5.73 Å². The Balaban J connectivity index is 2.00. The number of fused-ring (bicyclic) bond motifs is 1. The Bertz CT molecular complexity index is 822. The molecule has 0 atom stereocenters. The summed E-state index contributed by atoms with van der Waals surface area (Å²) in [6, 6.07) is 7.49. The smallest absolute Gasteiger partial charge is 0.246 e. The molecular weight excluding hydrogens is 298 g/mol. The minimum atomic E-state index is -4.09. The normalized spacial score (nSPS) is 15.1. The van der Waals surface area contributed by atoms with Gasteiger partial charge < -0.3 is 5.73 Å². The number of sulfonamides is 1. The summed E-state index contributed by atoms with van der Waals surface area (Å²) in [7, 11) is -4.09. The van der Waals surface area contributed by atoms with E-state index in [4.69, 9.17) is 5.73 Å². The van der Waals surface area contributed by atoms with Crippen LogP contribution in [0.1, 0.15) is 11.1 Å². The first kappa shape index (κ1) is 14.0. The molecule has 0 radical (unpaired) electrons. The molecule has 0 amide bonds. The van der Waals surface area contributed by atoms with Gasteiger partial charge in [-0.15, -0.1) is 0 Å². The van der Waals surface area contributed by atoms with E-state index in [0.717, 1.165) is 27.6 Å². The molecule has 1 heterocycles. The number of halogens is 2. The van der Waals surface area contributed by atoms with Gasteiger partial charge in [-0.2, -0.15) is 4.31 Å².